The highest BCUT2D eigenvalue weighted by atomic mass is 16.3. The van der Waals surface area contributed by atoms with E-state index in [1.54, 1.807) is 0 Å². The Hall–Kier alpha value is -1.49. The molecule has 0 N–H and O–H groups in total. The van der Waals surface area contributed by atoms with Gasteiger partial charge < -0.3 is 4.42 Å². The molecule has 1 rings (SSSR count). The normalized spacial score (nSPS) is 13.5. The first-order chi connectivity index (χ1) is 5.27. The molecule has 0 saturated carbocycles. The molecule has 0 unspecified atom stereocenters. The van der Waals surface area contributed by atoms with E-state index in [4.69, 9.17) is 11.0 Å². The van der Waals surface area contributed by atoms with Crippen LogP contribution >= 0.6 is 0 Å². The highest BCUT2D eigenvalue weighted by Gasteiger charge is 1.94. The van der Waals surface area contributed by atoms with Crippen LogP contribution in [-0.2, 0) is 0 Å². The molecule has 1 aromatic heterocycles. The van der Waals surface area contributed by atoms with E-state index < -0.39 is 0 Å². The number of aryl methyl sites for hydroxylation is 1. The fourth-order valence-corrected chi connectivity index (χ4v) is 0.946. The molecule has 0 aliphatic rings. The van der Waals surface area contributed by atoms with E-state index >= 15 is 0 Å². The lowest BCUT2D eigenvalue weighted by Gasteiger charge is -1.70. The van der Waals surface area contributed by atoms with Crippen LogP contribution in [0.25, 0.3) is 17.1 Å². The third-order valence-electron chi connectivity index (χ3n) is 1.42. The second-order valence-electron chi connectivity index (χ2n) is 2.24. The van der Waals surface area contributed by atoms with E-state index in [1.807, 2.05) is 26.0 Å². The van der Waals surface area contributed by atoms with Crippen molar-refractivity contribution in [2.75, 3.05) is 0 Å². The number of nitrogens with zero attached hydrogens (tertiary/aromatic N) is 1. The largest absolute Gasteiger partial charge is 0.454 e. The summed E-state index contributed by atoms with van der Waals surface area (Å²) >= 11 is 0. The third-order valence-corrected chi connectivity index (χ3v) is 1.42. The fourth-order valence-electron chi connectivity index (χ4n) is 0.946. The van der Waals surface area contributed by atoms with Gasteiger partial charge >= 0.3 is 6.20 Å². The number of furan rings is 1. The highest BCUT2D eigenvalue weighted by molar-refractivity contribution is 5.32. The monoisotopic (exact) mass is 148 g/mol. The van der Waals surface area contributed by atoms with Crippen LogP contribution in [-0.4, -0.2) is 0 Å². The number of hydrogen-bond donors (Lipinski definition) is 0. The zero-order valence-electron chi connectivity index (χ0n) is 6.66. The van der Waals surface area contributed by atoms with Crippen molar-refractivity contribution in [2.45, 2.75) is 13.8 Å². The minimum Gasteiger partial charge on any atom is -0.454 e. The molecular weight excluding hydrogens is 138 g/mol. The molecule has 0 aliphatic carbocycles. The first-order valence-corrected chi connectivity index (χ1v) is 3.41. The summed E-state index contributed by atoms with van der Waals surface area (Å²) in [6.07, 6.45) is 3.45. The van der Waals surface area contributed by atoms with Crippen LogP contribution < -0.4 is 10.6 Å². The van der Waals surface area contributed by atoms with Gasteiger partial charge in [-0.3, -0.25) is 0 Å². The standard InChI is InChI=1S/C9H10NO/c1-4-8-5-7(2)11-9(8)6-10-3/h3-6H,1-2H3/q+1. The van der Waals surface area contributed by atoms with Gasteiger partial charge in [-0.25, -0.2) is 0 Å². The molecule has 0 saturated heterocycles. The van der Waals surface area contributed by atoms with Gasteiger partial charge in [-0.2, -0.15) is 0 Å². The molecule has 0 atom stereocenters. The summed E-state index contributed by atoms with van der Waals surface area (Å²) in [5.74, 6) is 0.869. The SMILES string of the molecule is C#[N+]C=c1oc(C)cc1=CC. The summed E-state index contributed by atoms with van der Waals surface area (Å²) < 4.78 is 5.29. The van der Waals surface area contributed by atoms with Gasteiger partial charge in [0.15, 0.2) is 0 Å². The Balaban J connectivity index is 3.52. The highest BCUT2D eigenvalue weighted by Crippen LogP contribution is 1.85. The summed E-state index contributed by atoms with van der Waals surface area (Å²) in [5.41, 5.74) is 0.715. The topological polar surface area (TPSA) is 17.5 Å². The van der Waals surface area contributed by atoms with Crippen LogP contribution in [0, 0.1) is 13.5 Å². The average Bonchev–Trinajstić information content (AvgIpc) is 2.32. The van der Waals surface area contributed by atoms with Gasteiger partial charge in [0.1, 0.15) is 5.76 Å². The third kappa shape index (κ3) is 1.50. The predicted octanol–water partition coefficient (Wildman–Crippen LogP) is 1.09. The van der Waals surface area contributed by atoms with E-state index in [9.17, 15) is 0 Å². The van der Waals surface area contributed by atoms with Crippen molar-refractivity contribution in [1.29, 1.82) is 0 Å². The molecule has 0 amide bonds. The van der Waals surface area contributed by atoms with Crippen LogP contribution in [0.1, 0.15) is 12.7 Å². The number of rotatable bonds is 0. The van der Waals surface area contributed by atoms with Crippen molar-refractivity contribution in [2.24, 2.45) is 0 Å². The Bertz CT molecular complexity index is 392. The van der Waals surface area contributed by atoms with E-state index in [-0.39, 0.29) is 0 Å². The smallest absolute Gasteiger partial charge is 0.347 e. The van der Waals surface area contributed by atoms with Gasteiger partial charge in [-0.15, -0.1) is 0 Å². The summed E-state index contributed by atoms with van der Waals surface area (Å²) in [5, 5.41) is 1.02. The minimum atomic E-state index is 0.715. The molecule has 0 fully saturated rings. The predicted molar refractivity (Wildman–Crippen MR) is 45.6 cm³/mol. The minimum absolute atomic E-state index is 0.715. The maximum Gasteiger partial charge on any atom is 0.347 e. The van der Waals surface area contributed by atoms with Crippen LogP contribution in [0.3, 0.4) is 0 Å². The van der Waals surface area contributed by atoms with Crippen molar-refractivity contribution in [3.05, 3.63) is 27.3 Å². The molecule has 0 aliphatic heterocycles. The van der Waals surface area contributed by atoms with Crippen molar-refractivity contribution in [1.82, 2.24) is 0 Å². The maximum absolute atomic E-state index is 5.29. The van der Waals surface area contributed by atoms with Gasteiger partial charge in [-0.1, -0.05) is 6.08 Å². The summed E-state index contributed by atoms with van der Waals surface area (Å²) in [6, 6.07) is 1.94. The van der Waals surface area contributed by atoms with Crippen LogP contribution in [0.5, 0.6) is 0 Å². The second kappa shape index (κ2) is 3.07. The molecule has 0 bridgehead atoms. The molecule has 11 heavy (non-hydrogen) atoms. The van der Waals surface area contributed by atoms with Crippen LogP contribution in [0.15, 0.2) is 10.5 Å². The average molecular weight is 148 g/mol. The fraction of sp³-hybridized carbons (Fsp3) is 0.222. The van der Waals surface area contributed by atoms with Gasteiger partial charge in [0.2, 0.25) is 5.42 Å². The van der Waals surface area contributed by atoms with E-state index in [2.05, 4.69) is 4.85 Å². The molecule has 0 aromatic carbocycles. The van der Waals surface area contributed by atoms with Crippen LogP contribution in [0.4, 0.5) is 0 Å². The van der Waals surface area contributed by atoms with Crippen LogP contribution in [0.2, 0.25) is 0 Å². The Morgan fingerprint density at radius 3 is 2.91 bits per heavy atom. The first kappa shape index (κ1) is 7.62. The van der Waals surface area contributed by atoms with Gasteiger partial charge in [0.05, 0.1) is 0 Å². The number of hydrogen-bond acceptors (Lipinski definition) is 1. The van der Waals surface area contributed by atoms with E-state index in [1.165, 1.54) is 6.20 Å². The molecule has 0 spiro atoms. The Morgan fingerprint density at radius 1 is 1.64 bits per heavy atom. The van der Waals surface area contributed by atoms with Gasteiger partial charge in [0, 0.05) is 5.22 Å². The Kier molecular flexibility index (Phi) is 2.12. The molecular formula is C9H10NO+. The second-order valence-corrected chi connectivity index (χ2v) is 2.24. The molecule has 0 radical (unpaired) electrons. The van der Waals surface area contributed by atoms with Crippen molar-refractivity contribution < 1.29 is 4.42 Å². The summed E-state index contributed by atoms with van der Waals surface area (Å²) in [4.78, 5) is 3.39. The van der Waals surface area contributed by atoms with E-state index in [0.29, 0.717) is 5.42 Å². The lowest BCUT2D eigenvalue weighted by Crippen LogP contribution is -2.17. The summed E-state index contributed by atoms with van der Waals surface area (Å²) in [6.45, 7) is 8.82. The van der Waals surface area contributed by atoms with E-state index in [0.717, 1.165) is 11.0 Å². The molecule has 1 heterocycles. The van der Waals surface area contributed by atoms with Gasteiger partial charge in [-0.05, 0) is 24.8 Å². The zero-order valence-corrected chi connectivity index (χ0v) is 6.66. The van der Waals surface area contributed by atoms with Gasteiger partial charge in [0.25, 0.3) is 6.57 Å². The summed E-state index contributed by atoms with van der Waals surface area (Å²) in [7, 11) is 0. The Labute approximate surface area is 65.3 Å². The molecule has 56 valence electrons. The van der Waals surface area contributed by atoms with Crippen molar-refractivity contribution in [3.63, 3.8) is 0 Å². The molecule has 2 nitrogen and oxygen atoms in total. The maximum atomic E-state index is 5.29. The lowest BCUT2D eigenvalue weighted by molar-refractivity contribution is 0.501. The van der Waals surface area contributed by atoms with Crippen molar-refractivity contribution >= 4 is 12.3 Å². The first-order valence-electron chi connectivity index (χ1n) is 3.41. The quantitative estimate of drug-likeness (QED) is 0.538. The molecule has 2 heteroatoms. The lowest BCUT2D eigenvalue weighted by atomic mass is 10.4. The Morgan fingerprint density at radius 2 is 2.36 bits per heavy atom. The molecule has 1 aromatic rings. The zero-order chi connectivity index (χ0) is 8.27. The van der Waals surface area contributed by atoms with Crippen molar-refractivity contribution in [3.8, 4) is 6.57 Å².